The largest absolute Gasteiger partial charge is 0.508 e. The SMILES string of the molecule is [C-]#[N+]C1=C(/C=C/C=C2\CC(C)(C)CC(/C=C/c3ccc(N(C)C)cc3)=C2C)C(C)O/C1=C(\C#N)[N+]#[C-]. The molecule has 36 heavy (non-hydrogen) atoms. The average Bonchev–Trinajstić information content (AvgIpc) is 3.15. The average molecular weight is 477 g/mol. The molecule has 1 atom stereocenters. The molecule has 5 heteroatoms. The lowest BCUT2D eigenvalue weighted by Gasteiger charge is -2.33. The summed E-state index contributed by atoms with van der Waals surface area (Å²) in [6.45, 7) is 23.3. The van der Waals surface area contributed by atoms with Crippen molar-refractivity contribution in [1.82, 2.24) is 0 Å². The summed E-state index contributed by atoms with van der Waals surface area (Å²) in [7, 11) is 4.08. The third-order valence-corrected chi connectivity index (χ3v) is 6.53. The molecule has 0 saturated heterocycles. The van der Waals surface area contributed by atoms with Crippen LogP contribution in [0.25, 0.3) is 15.8 Å². The third kappa shape index (κ3) is 5.86. The van der Waals surface area contributed by atoms with Crippen LogP contribution in [0.1, 0.15) is 46.1 Å². The first-order chi connectivity index (χ1) is 17.1. The van der Waals surface area contributed by atoms with E-state index in [9.17, 15) is 5.26 Å². The Labute approximate surface area is 215 Å². The van der Waals surface area contributed by atoms with Gasteiger partial charge in [-0.15, -0.1) is 0 Å². The van der Waals surface area contributed by atoms with Crippen molar-refractivity contribution in [2.75, 3.05) is 19.0 Å². The molecule has 0 saturated carbocycles. The van der Waals surface area contributed by atoms with Crippen molar-refractivity contribution in [1.29, 1.82) is 5.26 Å². The Balaban J connectivity index is 1.92. The molecule has 1 aromatic carbocycles. The number of anilines is 1. The summed E-state index contributed by atoms with van der Waals surface area (Å²) in [6, 6.07) is 10.4. The van der Waals surface area contributed by atoms with Gasteiger partial charge in [0.15, 0.2) is 0 Å². The molecule has 0 radical (unpaired) electrons. The van der Waals surface area contributed by atoms with E-state index in [2.05, 4.69) is 77.9 Å². The molecule has 182 valence electrons. The summed E-state index contributed by atoms with van der Waals surface area (Å²) in [6.07, 6.45) is 11.9. The van der Waals surface area contributed by atoms with Crippen LogP contribution in [0.15, 0.2) is 88.0 Å². The van der Waals surface area contributed by atoms with Gasteiger partial charge in [-0.05, 0) is 66.5 Å². The fourth-order valence-electron chi connectivity index (χ4n) is 4.53. The van der Waals surface area contributed by atoms with Crippen molar-refractivity contribution < 1.29 is 4.74 Å². The van der Waals surface area contributed by atoms with Crippen LogP contribution in [-0.4, -0.2) is 20.2 Å². The molecule has 0 amide bonds. The smallest absolute Gasteiger partial charge is 0.292 e. The van der Waals surface area contributed by atoms with E-state index in [1.54, 1.807) is 0 Å². The van der Waals surface area contributed by atoms with Crippen LogP contribution in [-0.2, 0) is 4.74 Å². The first kappa shape index (κ1) is 26.3. The Bertz CT molecular complexity index is 1320. The molecule has 0 bridgehead atoms. The number of allylic oxidation sites excluding steroid dienone is 7. The van der Waals surface area contributed by atoms with Crippen molar-refractivity contribution in [3.05, 3.63) is 116 Å². The molecule has 1 aliphatic carbocycles. The van der Waals surface area contributed by atoms with Crippen LogP contribution >= 0.6 is 0 Å². The lowest BCUT2D eigenvalue weighted by Crippen LogP contribution is -2.19. The molecule has 0 spiro atoms. The number of hydrogen-bond donors (Lipinski definition) is 0. The highest BCUT2D eigenvalue weighted by atomic mass is 16.5. The fraction of sp³-hybridized carbons (Fsp3) is 0.323. The molecule has 2 aliphatic rings. The summed E-state index contributed by atoms with van der Waals surface area (Å²) in [5.41, 5.74) is 7.08. The van der Waals surface area contributed by atoms with Crippen LogP contribution in [0.3, 0.4) is 0 Å². The van der Waals surface area contributed by atoms with Gasteiger partial charge in [-0.3, -0.25) is 0 Å². The maximum Gasteiger partial charge on any atom is 0.292 e. The lowest BCUT2D eigenvalue weighted by molar-refractivity contribution is 0.190. The Morgan fingerprint density at radius 2 is 1.83 bits per heavy atom. The second-order valence-corrected chi connectivity index (χ2v) is 10.1. The van der Waals surface area contributed by atoms with Gasteiger partial charge < -0.3 is 9.64 Å². The number of hydrogen-bond acceptors (Lipinski definition) is 3. The molecular weight excluding hydrogens is 444 g/mol. The molecular formula is C31H32N4O. The van der Waals surface area contributed by atoms with Crippen molar-refractivity contribution >= 4 is 11.8 Å². The summed E-state index contributed by atoms with van der Waals surface area (Å²) in [5.74, 6) is 0.0863. The van der Waals surface area contributed by atoms with E-state index in [1.165, 1.54) is 28.0 Å². The zero-order valence-corrected chi connectivity index (χ0v) is 21.9. The number of rotatable bonds is 5. The van der Waals surface area contributed by atoms with E-state index in [-0.39, 0.29) is 28.7 Å². The number of ether oxygens (including phenoxy) is 1. The molecule has 0 fully saturated rings. The summed E-state index contributed by atoms with van der Waals surface area (Å²) in [4.78, 5) is 8.86. The second kappa shape index (κ2) is 11.0. The molecule has 0 aromatic heterocycles. The molecule has 1 aromatic rings. The Kier molecular flexibility index (Phi) is 8.03. The fourth-order valence-corrected chi connectivity index (χ4v) is 4.53. The van der Waals surface area contributed by atoms with E-state index in [0.717, 1.165) is 12.8 Å². The van der Waals surface area contributed by atoms with Crippen LogP contribution < -0.4 is 4.90 Å². The summed E-state index contributed by atoms with van der Waals surface area (Å²) >= 11 is 0. The Hall–Kier alpha value is -4.27. The number of nitrogens with zero attached hydrogens (tertiary/aromatic N) is 4. The van der Waals surface area contributed by atoms with Gasteiger partial charge in [0.05, 0.1) is 19.2 Å². The normalized spacial score (nSPS) is 22.0. The quantitative estimate of drug-likeness (QED) is 0.324. The maximum absolute atomic E-state index is 9.20. The van der Waals surface area contributed by atoms with Gasteiger partial charge in [0.25, 0.3) is 5.70 Å². The predicted octanol–water partition coefficient (Wildman–Crippen LogP) is 7.63. The standard InChI is InChI=1S/C31H32N4O/c1-21-24(10-9-11-27-22(2)36-30(29(27)34-6)28(20-32)33-5)18-31(3,4)19-25(21)15-12-23-13-16-26(17-14-23)35(7)8/h9-17,22H,18-19H2,1-4,7-8H3/b11-9+,15-12+,24-10+,30-28+. The van der Waals surface area contributed by atoms with Crippen molar-refractivity contribution in [3.63, 3.8) is 0 Å². The first-order valence-corrected chi connectivity index (χ1v) is 11.9. The monoisotopic (exact) mass is 476 g/mol. The molecule has 5 nitrogen and oxygen atoms in total. The van der Waals surface area contributed by atoms with E-state index < -0.39 is 0 Å². The first-order valence-electron chi connectivity index (χ1n) is 11.9. The van der Waals surface area contributed by atoms with Gasteiger partial charge in [0.1, 0.15) is 11.9 Å². The van der Waals surface area contributed by atoms with Gasteiger partial charge in [0.2, 0.25) is 5.70 Å². The molecule has 1 unspecified atom stereocenters. The third-order valence-electron chi connectivity index (χ3n) is 6.53. The lowest BCUT2D eigenvalue weighted by atomic mass is 9.72. The van der Waals surface area contributed by atoms with E-state index >= 15 is 0 Å². The van der Waals surface area contributed by atoms with Crippen LogP contribution in [0.5, 0.6) is 0 Å². The Morgan fingerprint density at radius 3 is 2.42 bits per heavy atom. The van der Waals surface area contributed by atoms with E-state index in [0.29, 0.717) is 5.57 Å². The molecule has 1 aliphatic heterocycles. The molecule has 3 rings (SSSR count). The van der Waals surface area contributed by atoms with Crippen molar-refractivity contribution in [2.45, 2.75) is 46.6 Å². The molecule has 1 heterocycles. The van der Waals surface area contributed by atoms with Crippen LogP contribution in [0.2, 0.25) is 0 Å². The van der Waals surface area contributed by atoms with Crippen LogP contribution in [0, 0.1) is 29.9 Å². The Morgan fingerprint density at radius 1 is 1.14 bits per heavy atom. The van der Waals surface area contributed by atoms with Gasteiger partial charge in [-0.1, -0.05) is 56.4 Å². The number of nitriles is 1. The zero-order chi connectivity index (χ0) is 26.5. The minimum Gasteiger partial charge on any atom is -0.508 e. The zero-order valence-electron chi connectivity index (χ0n) is 21.9. The summed E-state index contributed by atoms with van der Waals surface area (Å²) in [5, 5.41) is 9.20. The van der Waals surface area contributed by atoms with Gasteiger partial charge in [-0.25, -0.2) is 15.0 Å². The van der Waals surface area contributed by atoms with Crippen LogP contribution in [0.4, 0.5) is 5.69 Å². The van der Waals surface area contributed by atoms with Gasteiger partial charge >= 0.3 is 0 Å². The predicted molar refractivity (Wildman–Crippen MR) is 146 cm³/mol. The van der Waals surface area contributed by atoms with Crippen molar-refractivity contribution in [2.24, 2.45) is 5.41 Å². The van der Waals surface area contributed by atoms with E-state index in [4.69, 9.17) is 17.9 Å². The highest BCUT2D eigenvalue weighted by Crippen LogP contribution is 2.42. The second-order valence-electron chi connectivity index (χ2n) is 10.1. The highest BCUT2D eigenvalue weighted by molar-refractivity contribution is 5.59. The summed E-state index contributed by atoms with van der Waals surface area (Å²) < 4.78 is 5.69. The molecule has 0 N–H and O–H groups in total. The van der Waals surface area contributed by atoms with Gasteiger partial charge in [-0.2, -0.15) is 0 Å². The highest BCUT2D eigenvalue weighted by Gasteiger charge is 2.30. The van der Waals surface area contributed by atoms with E-state index in [1.807, 2.05) is 39.2 Å². The topological polar surface area (TPSA) is 45.0 Å². The maximum atomic E-state index is 9.20. The van der Waals surface area contributed by atoms with Crippen molar-refractivity contribution in [3.8, 4) is 6.07 Å². The number of benzene rings is 1. The minimum atomic E-state index is -0.388. The minimum absolute atomic E-state index is 0.0863. The van der Waals surface area contributed by atoms with Gasteiger partial charge in [0, 0.05) is 25.4 Å².